The van der Waals surface area contributed by atoms with Crippen molar-refractivity contribution >= 4 is 23.8 Å². The highest BCUT2D eigenvalue weighted by atomic mass is 28.3. The zero-order chi connectivity index (χ0) is 23.1. The molecule has 3 aromatic carbocycles. The van der Waals surface area contributed by atoms with Crippen LogP contribution >= 0.6 is 0 Å². The maximum Gasteiger partial charge on any atom is 0.219 e. The Bertz CT molecular complexity index is 1520. The van der Waals surface area contributed by atoms with Crippen molar-refractivity contribution in [3.63, 3.8) is 0 Å². The van der Waals surface area contributed by atoms with Crippen LogP contribution in [0.4, 0.5) is 0 Å². The summed E-state index contributed by atoms with van der Waals surface area (Å²) >= 11 is 0. The van der Waals surface area contributed by atoms with E-state index in [4.69, 9.17) is 9.72 Å². The Balaban J connectivity index is 1.47. The van der Waals surface area contributed by atoms with E-state index >= 15 is 0 Å². The number of rotatable bonds is 4. The summed E-state index contributed by atoms with van der Waals surface area (Å²) in [5.41, 5.74) is 6.23. The van der Waals surface area contributed by atoms with E-state index in [1.165, 1.54) is 37.9 Å². The number of fused-ring (bicyclic) bond motifs is 3. The molecule has 3 nitrogen and oxygen atoms in total. The fourth-order valence-corrected chi connectivity index (χ4v) is 9.10. The molecule has 1 unspecified atom stereocenters. The van der Waals surface area contributed by atoms with Crippen LogP contribution in [0.1, 0.15) is 5.56 Å². The van der Waals surface area contributed by atoms with E-state index in [9.17, 15) is 0 Å². The summed E-state index contributed by atoms with van der Waals surface area (Å²) in [5.74, 6) is 1.37. The smallest absolute Gasteiger partial charge is 0.219 e. The topological polar surface area (TPSA) is 35.0 Å². The lowest BCUT2D eigenvalue weighted by Gasteiger charge is -2.25. The van der Waals surface area contributed by atoms with Gasteiger partial charge in [0.05, 0.1) is 0 Å². The highest BCUT2D eigenvalue weighted by molar-refractivity contribution is 7.13. The Morgan fingerprint density at radius 2 is 1.47 bits per heavy atom. The van der Waals surface area contributed by atoms with Gasteiger partial charge in [0.15, 0.2) is 8.07 Å². The van der Waals surface area contributed by atoms with Crippen molar-refractivity contribution in [2.45, 2.75) is 13.5 Å². The third-order valence-corrected chi connectivity index (χ3v) is 11.1. The molecule has 3 heterocycles. The second kappa shape index (κ2) is 8.08. The van der Waals surface area contributed by atoms with E-state index in [0.717, 1.165) is 11.3 Å². The molecule has 2 aromatic heterocycles. The highest BCUT2D eigenvalue weighted by Crippen LogP contribution is 2.32. The van der Waals surface area contributed by atoms with Crippen LogP contribution in [0.3, 0.4) is 0 Å². The minimum atomic E-state index is -2.23. The standard InChI is InChI=1S/C30H24N2OSi/c1-21-15-17-32-30(18-21)34(2)27-11-4-3-10-25(27)26-14-13-23(20-28(26)34)22-8-7-9-24(19-22)33-29-12-5-6-16-31-29/h3-20H,1-2H3. The van der Waals surface area contributed by atoms with Crippen LogP contribution in [0.2, 0.25) is 6.55 Å². The van der Waals surface area contributed by atoms with Crippen molar-refractivity contribution in [3.8, 4) is 33.9 Å². The molecule has 0 N–H and O–H groups in total. The molecule has 6 rings (SSSR count). The summed E-state index contributed by atoms with van der Waals surface area (Å²) in [5, 5.41) is 4.07. The fraction of sp³-hybridized carbons (Fsp3) is 0.0667. The van der Waals surface area contributed by atoms with Crippen molar-refractivity contribution in [1.82, 2.24) is 9.97 Å². The van der Waals surface area contributed by atoms with Gasteiger partial charge in [-0.3, -0.25) is 4.98 Å². The van der Waals surface area contributed by atoms with Gasteiger partial charge >= 0.3 is 0 Å². The molecule has 164 valence electrons. The first-order valence-corrected chi connectivity index (χ1v) is 14.0. The van der Waals surface area contributed by atoms with Gasteiger partial charge in [0.2, 0.25) is 5.88 Å². The number of benzene rings is 3. The third-order valence-electron chi connectivity index (χ3n) is 6.77. The summed E-state index contributed by atoms with van der Waals surface area (Å²) in [6.45, 7) is 4.58. The molecule has 1 atom stereocenters. The van der Waals surface area contributed by atoms with Crippen LogP contribution in [-0.4, -0.2) is 18.0 Å². The molecule has 0 fully saturated rings. The van der Waals surface area contributed by atoms with Gasteiger partial charge in [-0.2, -0.15) is 0 Å². The van der Waals surface area contributed by atoms with Gasteiger partial charge in [0.25, 0.3) is 0 Å². The molecule has 4 heteroatoms. The quantitative estimate of drug-likeness (QED) is 0.343. The molecule has 1 aliphatic heterocycles. The maximum atomic E-state index is 5.99. The van der Waals surface area contributed by atoms with Crippen LogP contribution in [0.15, 0.2) is 109 Å². The van der Waals surface area contributed by atoms with Gasteiger partial charge in [0, 0.05) is 23.8 Å². The van der Waals surface area contributed by atoms with Crippen molar-refractivity contribution in [3.05, 3.63) is 115 Å². The molecule has 0 spiro atoms. The van der Waals surface area contributed by atoms with Gasteiger partial charge in [-0.05, 0) is 75.4 Å². The molecule has 0 aliphatic carbocycles. The number of pyridine rings is 2. The first-order chi connectivity index (χ1) is 16.6. The monoisotopic (exact) mass is 456 g/mol. The average molecular weight is 457 g/mol. The molecular weight excluding hydrogens is 432 g/mol. The van der Waals surface area contributed by atoms with Crippen LogP contribution in [-0.2, 0) is 0 Å². The van der Waals surface area contributed by atoms with E-state index in [-0.39, 0.29) is 0 Å². The summed E-state index contributed by atoms with van der Waals surface area (Å²) in [7, 11) is -2.23. The minimum absolute atomic E-state index is 0.592. The number of hydrogen-bond acceptors (Lipinski definition) is 3. The largest absolute Gasteiger partial charge is 0.439 e. The van der Waals surface area contributed by atoms with E-state index in [0.29, 0.717) is 5.88 Å². The van der Waals surface area contributed by atoms with Crippen LogP contribution in [0, 0.1) is 6.92 Å². The summed E-state index contributed by atoms with van der Waals surface area (Å²) in [4.78, 5) is 9.17. The lowest BCUT2D eigenvalue weighted by atomic mass is 10.0. The van der Waals surface area contributed by atoms with E-state index < -0.39 is 8.07 Å². The molecule has 0 saturated heterocycles. The van der Waals surface area contributed by atoms with Crippen LogP contribution < -0.4 is 20.4 Å². The normalized spacial score (nSPS) is 16.1. The van der Waals surface area contributed by atoms with E-state index in [1.807, 2.05) is 36.5 Å². The second-order valence-electron chi connectivity index (χ2n) is 8.95. The molecule has 1 aliphatic rings. The molecule has 34 heavy (non-hydrogen) atoms. The van der Waals surface area contributed by atoms with E-state index in [2.05, 4.69) is 85.2 Å². The number of aromatic nitrogens is 2. The molecular formula is C30H24N2OSi. The van der Waals surface area contributed by atoms with Gasteiger partial charge < -0.3 is 4.74 Å². The Labute approximate surface area is 200 Å². The number of hydrogen-bond donors (Lipinski definition) is 0. The predicted octanol–water partition coefficient (Wildman–Crippen LogP) is 5.32. The Morgan fingerprint density at radius 3 is 2.32 bits per heavy atom. The summed E-state index contributed by atoms with van der Waals surface area (Å²) < 4.78 is 5.99. The minimum Gasteiger partial charge on any atom is -0.439 e. The first-order valence-electron chi connectivity index (χ1n) is 11.5. The summed E-state index contributed by atoms with van der Waals surface area (Å²) in [6.07, 6.45) is 3.69. The first kappa shape index (κ1) is 20.6. The third kappa shape index (κ3) is 3.35. The number of nitrogens with zero attached hydrogens (tertiary/aromatic N) is 2. The predicted molar refractivity (Wildman–Crippen MR) is 141 cm³/mol. The number of aryl methyl sites for hydroxylation is 1. The molecule has 5 aromatic rings. The lowest BCUT2D eigenvalue weighted by Crippen LogP contribution is -2.63. The lowest BCUT2D eigenvalue weighted by molar-refractivity contribution is 0.463. The van der Waals surface area contributed by atoms with Crippen molar-refractivity contribution in [1.29, 1.82) is 0 Å². The average Bonchev–Trinajstić information content (AvgIpc) is 3.14. The van der Waals surface area contributed by atoms with Crippen molar-refractivity contribution < 1.29 is 4.74 Å². The van der Waals surface area contributed by atoms with Crippen LogP contribution in [0.5, 0.6) is 11.6 Å². The SMILES string of the molecule is Cc1ccnc([Si]2(C)c3ccccc3-c3ccc(-c4cccc(Oc5ccccn5)c4)cc32)c1. The second-order valence-corrected chi connectivity index (χ2v) is 12.8. The van der Waals surface area contributed by atoms with Gasteiger partial charge in [-0.15, -0.1) is 0 Å². The van der Waals surface area contributed by atoms with Gasteiger partial charge in [0.1, 0.15) is 5.75 Å². The fourth-order valence-electron chi connectivity index (χ4n) is 5.02. The maximum absolute atomic E-state index is 5.99. The summed E-state index contributed by atoms with van der Waals surface area (Å²) in [6, 6.07) is 34.0. The van der Waals surface area contributed by atoms with Crippen molar-refractivity contribution in [2.24, 2.45) is 0 Å². The van der Waals surface area contributed by atoms with E-state index in [1.54, 1.807) is 6.20 Å². The zero-order valence-electron chi connectivity index (χ0n) is 19.2. The Morgan fingerprint density at radius 1 is 0.647 bits per heavy atom. The highest BCUT2D eigenvalue weighted by Gasteiger charge is 2.44. The Hall–Kier alpha value is -4.02. The molecule has 0 amide bonds. The van der Waals surface area contributed by atoms with Gasteiger partial charge in [-0.1, -0.05) is 67.2 Å². The van der Waals surface area contributed by atoms with Gasteiger partial charge in [-0.25, -0.2) is 4.98 Å². The number of ether oxygens (including phenoxy) is 1. The van der Waals surface area contributed by atoms with Crippen LogP contribution in [0.25, 0.3) is 22.3 Å². The zero-order valence-corrected chi connectivity index (χ0v) is 20.2. The Kier molecular flexibility index (Phi) is 4.89. The molecule has 0 bridgehead atoms. The van der Waals surface area contributed by atoms with Crippen molar-refractivity contribution in [2.75, 3.05) is 0 Å². The molecule has 0 radical (unpaired) electrons. The molecule has 0 saturated carbocycles.